The molecule has 1 aromatic heterocycles. The highest BCUT2D eigenvalue weighted by Crippen LogP contribution is 2.38. The largest absolute Gasteiger partial charge is 0.282 e. The lowest BCUT2D eigenvalue weighted by Crippen LogP contribution is -2.48. The Hall–Kier alpha value is -1.80. The first-order chi connectivity index (χ1) is 13.6. The Bertz CT molecular complexity index is 1080. The lowest BCUT2D eigenvalue weighted by Gasteiger charge is -2.38. The van der Waals surface area contributed by atoms with Gasteiger partial charge < -0.3 is 0 Å². The summed E-state index contributed by atoms with van der Waals surface area (Å²) in [5.74, 6) is 0. The van der Waals surface area contributed by atoms with E-state index in [1.165, 1.54) is 5.56 Å². The molecule has 2 aliphatic heterocycles. The third-order valence-corrected chi connectivity index (χ3v) is 8.90. The van der Waals surface area contributed by atoms with Crippen molar-refractivity contribution in [3.05, 3.63) is 64.7 Å². The van der Waals surface area contributed by atoms with Gasteiger partial charge in [0.05, 0.1) is 16.3 Å². The number of fused-ring (bicyclic) bond motifs is 2. The smallest absolute Gasteiger partial charge is 0.239 e. The van der Waals surface area contributed by atoms with Crippen molar-refractivity contribution >= 4 is 31.8 Å². The van der Waals surface area contributed by atoms with Gasteiger partial charge in [-0.2, -0.15) is 17.0 Å². The Morgan fingerprint density at radius 2 is 1.75 bits per heavy atom. The van der Waals surface area contributed by atoms with Crippen molar-refractivity contribution in [2.24, 2.45) is 0 Å². The van der Waals surface area contributed by atoms with E-state index in [4.69, 9.17) is 4.98 Å². The van der Waals surface area contributed by atoms with Crippen molar-refractivity contribution in [1.82, 2.24) is 13.6 Å². The fraction of sp³-hybridized carbons (Fsp3) is 0.381. The molecule has 3 heterocycles. The summed E-state index contributed by atoms with van der Waals surface area (Å²) in [4.78, 5) is 4.78. The lowest BCUT2D eigenvalue weighted by atomic mass is 10.0. The van der Waals surface area contributed by atoms with Crippen LogP contribution < -0.4 is 0 Å². The van der Waals surface area contributed by atoms with Gasteiger partial charge in [0.15, 0.2) is 0 Å². The quantitative estimate of drug-likeness (QED) is 0.649. The van der Waals surface area contributed by atoms with E-state index in [1.807, 2.05) is 36.4 Å². The van der Waals surface area contributed by atoms with Crippen LogP contribution in [0.25, 0.3) is 10.2 Å². The average molecular weight is 414 g/mol. The molecule has 0 N–H and O–H groups in total. The van der Waals surface area contributed by atoms with Gasteiger partial charge >= 0.3 is 0 Å². The van der Waals surface area contributed by atoms with E-state index >= 15 is 0 Å². The van der Waals surface area contributed by atoms with Gasteiger partial charge in [-0.3, -0.25) is 0 Å². The van der Waals surface area contributed by atoms with Crippen LogP contribution in [0.1, 0.15) is 41.4 Å². The van der Waals surface area contributed by atoms with Gasteiger partial charge in [-0.15, -0.1) is 11.3 Å². The van der Waals surface area contributed by atoms with Gasteiger partial charge in [0, 0.05) is 19.6 Å². The number of piperidine rings is 1. The maximum atomic E-state index is 13.6. The minimum Gasteiger partial charge on any atom is -0.239 e. The second-order valence-electron chi connectivity index (χ2n) is 7.50. The van der Waals surface area contributed by atoms with Gasteiger partial charge in [0.2, 0.25) is 0 Å². The predicted octanol–water partition coefficient (Wildman–Crippen LogP) is 4.13. The summed E-state index contributed by atoms with van der Waals surface area (Å²) in [6, 6.07) is 16.0. The summed E-state index contributed by atoms with van der Waals surface area (Å²) in [5.41, 5.74) is 3.33. The molecule has 7 heteroatoms. The highest BCUT2D eigenvalue weighted by molar-refractivity contribution is 7.86. The summed E-state index contributed by atoms with van der Waals surface area (Å²) in [6.07, 6.45) is 3.55. The molecule has 5 nitrogen and oxygen atoms in total. The van der Waals surface area contributed by atoms with Gasteiger partial charge in [-0.25, -0.2) is 4.98 Å². The number of thiazole rings is 1. The molecule has 1 atom stereocenters. The summed E-state index contributed by atoms with van der Waals surface area (Å²) in [7, 11) is -3.53. The van der Waals surface area contributed by atoms with Crippen molar-refractivity contribution in [1.29, 1.82) is 0 Å². The monoisotopic (exact) mass is 413 g/mol. The van der Waals surface area contributed by atoms with Gasteiger partial charge in [-0.1, -0.05) is 42.8 Å². The molecule has 146 valence electrons. The SMILES string of the molecule is O=S(=O)(N1CCc2ccccc2C1)N1CCCCC1c1nc2ccccc2s1. The first kappa shape index (κ1) is 18.2. The fourth-order valence-corrected chi connectivity index (χ4v) is 7.27. The van der Waals surface area contributed by atoms with Crippen LogP contribution in [-0.2, 0) is 23.2 Å². The van der Waals surface area contributed by atoms with Gasteiger partial charge in [-0.05, 0) is 42.5 Å². The predicted molar refractivity (Wildman–Crippen MR) is 112 cm³/mol. The van der Waals surface area contributed by atoms with Crippen LogP contribution in [0.3, 0.4) is 0 Å². The van der Waals surface area contributed by atoms with Crippen molar-refractivity contribution in [2.45, 2.75) is 38.3 Å². The molecule has 0 spiro atoms. The molecule has 0 bridgehead atoms. The van der Waals surface area contributed by atoms with E-state index in [2.05, 4.69) is 12.1 Å². The normalized spacial score (nSPS) is 21.6. The average Bonchev–Trinajstić information content (AvgIpc) is 3.17. The van der Waals surface area contributed by atoms with Crippen molar-refractivity contribution in [2.75, 3.05) is 13.1 Å². The molecule has 1 saturated heterocycles. The molecule has 0 radical (unpaired) electrons. The maximum absolute atomic E-state index is 13.6. The van der Waals surface area contributed by atoms with E-state index in [0.29, 0.717) is 19.6 Å². The second-order valence-corrected chi connectivity index (χ2v) is 10.4. The first-order valence-electron chi connectivity index (χ1n) is 9.82. The van der Waals surface area contributed by atoms with E-state index in [-0.39, 0.29) is 6.04 Å². The minimum absolute atomic E-state index is 0.159. The fourth-order valence-electron chi connectivity index (χ4n) is 4.28. The summed E-state index contributed by atoms with van der Waals surface area (Å²) in [5, 5.41) is 0.918. The Kier molecular flexibility index (Phi) is 4.71. The van der Waals surface area contributed by atoms with E-state index in [9.17, 15) is 8.42 Å². The maximum Gasteiger partial charge on any atom is 0.282 e. The Morgan fingerprint density at radius 1 is 0.964 bits per heavy atom. The molecule has 0 amide bonds. The highest BCUT2D eigenvalue weighted by Gasteiger charge is 2.39. The van der Waals surface area contributed by atoms with Crippen LogP contribution in [0.4, 0.5) is 0 Å². The van der Waals surface area contributed by atoms with Crippen LogP contribution in [0.5, 0.6) is 0 Å². The molecule has 1 fully saturated rings. The van der Waals surface area contributed by atoms with Crippen molar-refractivity contribution in [3.8, 4) is 0 Å². The molecule has 1 unspecified atom stereocenters. The molecular formula is C21H23N3O2S2. The van der Waals surface area contributed by atoms with Crippen LogP contribution >= 0.6 is 11.3 Å². The number of hydrogen-bond acceptors (Lipinski definition) is 4. The second kappa shape index (κ2) is 7.22. The van der Waals surface area contributed by atoms with Crippen molar-refractivity contribution < 1.29 is 8.42 Å². The molecule has 0 saturated carbocycles. The number of nitrogens with zero attached hydrogens (tertiary/aromatic N) is 3. The minimum atomic E-state index is -3.53. The standard InChI is InChI=1S/C21H23N3O2S2/c25-28(26,23-14-12-16-7-1-2-8-17(16)15-23)24-13-6-5-10-19(24)21-22-18-9-3-4-11-20(18)27-21/h1-4,7-9,11,19H,5-6,10,12-15H2. The number of aromatic nitrogens is 1. The van der Waals surface area contributed by atoms with E-state index in [1.54, 1.807) is 19.9 Å². The summed E-state index contributed by atoms with van der Waals surface area (Å²) in [6.45, 7) is 1.57. The lowest BCUT2D eigenvalue weighted by molar-refractivity contribution is 0.229. The van der Waals surface area contributed by atoms with E-state index in [0.717, 1.165) is 46.5 Å². The van der Waals surface area contributed by atoms with Crippen LogP contribution in [0.15, 0.2) is 48.5 Å². The molecule has 2 aromatic carbocycles. The number of benzene rings is 2. The zero-order chi connectivity index (χ0) is 19.1. The Balaban J connectivity index is 1.47. The van der Waals surface area contributed by atoms with Crippen LogP contribution in [0, 0.1) is 0 Å². The molecule has 28 heavy (non-hydrogen) atoms. The molecule has 3 aromatic rings. The topological polar surface area (TPSA) is 53.5 Å². The summed E-state index contributed by atoms with van der Waals surface area (Å²) >= 11 is 1.62. The number of para-hydroxylation sites is 1. The van der Waals surface area contributed by atoms with Gasteiger partial charge in [0.25, 0.3) is 10.2 Å². The third-order valence-electron chi connectivity index (χ3n) is 5.77. The van der Waals surface area contributed by atoms with Crippen molar-refractivity contribution in [3.63, 3.8) is 0 Å². The van der Waals surface area contributed by atoms with E-state index < -0.39 is 10.2 Å². The highest BCUT2D eigenvalue weighted by atomic mass is 32.2. The molecular weight excluding hydrogens is 390 g/mol. The Labute approximate surface area is 169 Å². The van der Waals surface area contributed by atoms with Gasteiger partial charge in [0.1, 0.15) is 5.01 Å². The zero-order valence-corrected chi connectivity index (χ0v) is 17.3. The Morgan fingerprint density at radius 3 is 2.61 bits per heavy atom. The molecule has 0 aliphatic carbocycles. The number of hydrogen-bond donors (Lipinski definition) is 0. The number of rotatable bonds is 3. The zero-order valence-electron chi connectivity index (χ0n) is 15.6. The third kappa shape index (κ3) is 3.16. The van der Waals surface area contributed by atoms with Crippen LogP contribution in [0.2, 0.25) is 0 Å². The first-order valence-corrected chi connectivity index (χ1v) is 12.0. The molecule has 5 rings (SSSR count). The summed E-state index contributed by atoms with van der Waals surface area (Å²) < 4.78 is 31.6. The molecule has 2 aliphatic rings. The van der Waals surface area contributed by atoms with Crippen LogP contribution in [-0.4, -0.2) is 35.1 Å².